The quantitative estimate of drug-likeness (QED) is 0.710. The van der Waals surface area contributed by atoms with E-state index in [-0.39, 0.29) is 11.8 Å². The topological polar surface area (TPSA) is 40.6 Å². The van der Waals surface area contributed by atoms with Crippen LogP contribution in [0.15, 0.2) is 0 Å². The van der Waals surface area contributed by atoms with E-state index in [4.69, 9.17) is 0 Å². The van der Waals surface area contributed by atoms with Crippen molar-refractivity contribution in [1.29, 1.82) is 0 Å². The van der Waals surface area contributed by atoms with Gasteiger partial charge in [-0.25, -0.2) is 0 Å². The summed E-state index contributed by atoms with van der Waals surface area (Å²) in [4.78, 5) is 27.9. The number of rotatable bonds is 3. The van der Waals surface area contributed by atoms with Crippen molar-refractivity contribution < 1.29 is 9.59 Å². The molecular weight excluding hydrogens is 228 g/mol. The van der Waals surface area contributed by atoms with Crippen LogP contribution in [0.5, 0.6) is 0 Å². The summed E-state index contributed by atoms with van der Waals surface area (Å²) in [6.45, 7) is 2.31. The molecule has 0 bridgehead atoms. The summed E-state index contributed by atoms with van der Waals surface area (Å²) >= 11 is 0. The molecule has 100 valence electrons. The van der Waals surface area contributed by atoms with Crippen LogP contribution < -0.4 is 0 Å². The predicted octanol–water partition coefficient (Wildman–Crippen LogP) is 1.40. The van der Waals surface area contributed by atoms with Crippen LogP contribution in [0.3, 0.4) is 0 Å². The Hall–Kier alpha value is -1.06. The number of carbonyl (C=O) groups excluding carboxylic acids is 2. The standard InChI is InChI=1S/C14H22N2O2/c17-13-14(18)16(12-6-1-2-7-12)9-8-15(13)10-11-4-3-5-11/h11-12H,1-10H2. The molecular formula is C14H22N2O2. The molecule has 1 aliphatic heterocycles. The predicted molar refractivity (Wildman–Crippen MR) is 67.9 cm³/mol. The molecule has 2 amide bonds. The summed E-state index contributed by atoms with van der Waals surface area (Å²) in [6.07, 6.45) is 8.32. The summed E-state index contributed by atoms with van der Waals surface area (Å²) < 4.78 is 0. The van der Waals surface area contributed by atoms with E-state index in [0.717, 1.165) is 32.5 Å². The number of carbonyl (C=O) groups is 2. The van der Waals surface area contributed by atoms with E-state index >= 15 is 0 Å². The van der Waals surface area contributed by atoms with Crippen LogP contribution in [0.4, 0.5) is 0 Å². The second-order valence-corrected chi connectivity index (χ2v) is 5.98. The van der Waals surface area contributed by atoms with E-state index in [1.165, 1.54) is 32.1 Å². The lowest BCUT2D eigenvalue weighted by atomic mass is 9.85. The van der Waals surface area contributed by atoms with Gasteiger partial charge < -0.3 is 9.80 Å². The third kappa shape index (κ3) is 2.13. The monoisotopic (exact) mass is 250 g/mol. The fraction of sp³-hybridized carbons (Fsp3) is 0.857. The van der Waals surface area contributed by atoms with Crippen molar-refractivity contribution in [1.82, 2.24) is 9.80 Å². The molecule has 0 aromatic heterocycles. The first-order valence-electron chi connectivity index (χ1n) is 7.35. The third-order valence-electron chi connectivity index (χ3n) is 4.81. The SMILES string of the molecule is O=C1C(=O)N(C2CCCC2)CCN1CC1CCC1. The molecule has 1 saturated heterocycles. The Balaban J connectivity index is 1.60. The number of hydrogen-bond donors (Lipinski definition) is 0. The normalized spacial score (nSPS) is 26.9. The highest BCUT2D eigenvalue weighted by Gasteiger charge is 2.38. The number of amides is 2. The van der Waals surface area contributed by atoms with Gasteiger partial charge in [-0.2, -0.15) is 0 Å². The molecule has 4 nitrogen and oxygen atoms in total. The molecule has 0 atom stereocenters. The minimum absolute atomic E-state index is 0.243. The summed E-state index contributed by atoms with van der Waals surface area (Å²) in [5.41, 5.74) is 0. The van der Waals surface area contributed by atoms with Gasteiger partial charge >= 0.3 is 11.8 Å². The first-order valence-corrected chi connectivity index (χ1v) is 7.35. The lowest BCUT2D eigenvalue weighted by Crippen LogP contribution is -2.57. The van der Waals surface area contributed by atoms with Crippen molar-refractivity contribution in [3.63, 3.8) is 0 Å². The molecule has 3 aliphatic rings. The number of hydrogen-bond acceptors (Lipinski definition) is 2. The van der Waals surface area contributed by atoms with Crippen LogP contribution in [0.25, 0.3) is 0 Å². The lowest BCUT2D eigenvalue weighted by molar-refractivity contribution is -0.158. The first-order chi connectivity index (χ1) is 8.75. The van der Waals surface area contributed by atoms with Gasteiger partial charge in [0.05, 0.1) is 0 Å². The zero-order valence-electron chi connectivity index (χ0n) is 10.9. The second kappa shape index (κ2) is 4.90. The molecule has 0 unspecified atom stereocenters. The zero-order chi connectivity index (χ0) is 12.5. The number of nitrogens with zero attached hydrogens (tertiary/aromatic N) is 2. The average Bonchev–Trinajstić information content (AvgIpc) is 2.82. The summed E-state index contributed by atoms with van der Waals surface area (Å²) in [7, 11) is 0. The maximum Gasteiger partial charge on any atom is 0.312 e. The van der Waals surface area contributed by atoms with E-state index in [9.17, 15) is 9.59 Å². The summed E-state index contributed by atoms with van der Waals surface area (Å²) in [5.74, 6) is 0.160. The van der Waals surface area contributed by atoms with Crippen molar-refractivity contribution in [2.75, 3.05) is 19.6 Å². The van der Waals surface area contributed by atoms with Crippen LogP contribution in [0, 0.1) is 5.92 Å². The van der Waals surface area contributed by atoms with Crippen molar-refractivity contribution >= 4 is 11.8 Å². The number of piperazine rings is 1. The Morgan fingerprint density at radius 1 is 0.889 bits per heavy atom. The van der Waals surface area contributed by atoms with Crippen LogP contribution >= 0.6 is 0 Å². The van der Waals surface area contributed by atoms with E-state index in [0.29, 0.717) is 12.0 Å². The highest BCUT2D eigenvalue weighted by atomic mass is 16.2. The summed E-state index contributed by atoms with van der Waals surface area (Å²) in [6, 6.07) is 0.340. The Bertz CT molecular complexity index is 346. The van der Waals surface area contributed by atoms with Gasteiger partial charge in [-0.15, -0.1) is 0 Å². The van der Waals surface area contributed by atoms with Gasteiger partial charge in [0.1, 0.15) is 0 Å². The van der Waals surface area contributed by atoms with E-state index in [1.54, 1.807) is 4.90 Å². The van der Waals surface area contributed by atoms with E-state index < -0.39 is 0 Å². The zero-order valence-corrected chi connectivity index (χ0v) is 10.9. The van der Waals surface area contributed by atoms with Crippen molar-refractivity contribution in [2.45, 2.75) is 51.0 Å². The molecule has 18 heavy (non-hydrogen) atoms. The van der Waals surface area contributed by atoms with Gasteiger partial charge in [-0.05, 0) is 31.6 Å². The lowest BCUT2D eigenvalue weighted by Gasteiger charge is -2.39. The van der Waals surface area contributed by atoms with Gasteiger partial charge in [-0.1, -0.05) is 19.3 Å². The minimum Gasteiger partial charge on any atom is -0.332 e. The van der Waals surface area contributed by atoms with Crippen molar-refractivity contribution in [3.05, 3.63) is 0 Å². The summed E-state index contributed by atoms with van der Waals surface area (Å²) in [5, 5.41) is 0. The average molecular weight is 250 g/mol. The molecule has 4 heteroatoms. The van der Waals surface area contributed by atoms with Crippen LogP contribution in [-0.2, 0) is 9.59 Å². The minimum atomic E-state index is -0.250. The third-order valence-corrected chi connectivity index (χ3v) is 4.81. The van der Waals surface area contributed by atoms with Gasteiger partial charge in [0.25, 0.3) is 0 Å². The molecule has 2 saturated carbocycles. The van der Waals surface area contributed by atoms with Gasteiger partial charge in [-0.3, -0.25) is 9.59 Å². The maximum absolute atomic E-state index is 12.1. The molecule has 0 radical (unpaired) electrons. The highest BCUT2D eigenvalue weighted by Crippen LogP contribution is 2.29. The fourth-order valence-corrected chi connectivity index (χ4v) is 3.42. The highest BCUT2D eigenvalue weighted by molar-refractivity contribution is 6.35. The molecule has 0 aromatic carbocycles. The molecule has 2 aliphatic carbocycles. The first kappa shape index (κ1) is 12.0. The van der Waals surface area contributed by atoms with Crippen molar-refractivity contribution in [3.8, 4) is 0 Å². The van der Waals surface area contributed by atoms with Gasteiger partial charge in [0.2, 0.25) is 0 Å². The van der Waals surface area contributed by atoms with Gasteiger partial charge in [0.15, 0.2) is 0 Å². The Labute approximate surface area is 108 Å². The van der Waals surface area contributed by atoms with E-state index in [1.807, 2.05) is 4.90 Å². The fourth-order valence-electron chi connectivity index (χ4n) is 3.42. The Morgan fingerprint density at radius 2 is 1.61 bits per heavy atom. The maximum atomic E-state index is 12.1. The Morgan fingerprint density at radius 3 is 2.22 bits per heavy atom. The molecule has 0 N–H and O–H groups in total. The van der Waals surface area contributed by atoms with E-state index in [2.05, 4.69) is 0 Å². The van der Waals surface area contributed by atoms with Crippen LogP contribution in [0.2, 0.25) is 0 Å². The van der Waals surface area contributed by atoms with Crippen LogP contribution in [0.1, 0.15) is 44.9 Å². The molecule has 1 heterocycles. The smallest absolute Gasteiger partial charge is 0.312 e. The Kier molecular flexibility index (Phi) is 3.27. The molecule has 0 spiro atoms. The molecule has 0 aromatic rings. The molecule has 3 rings (SSSR count). The van der Waals surface area contributed by atoms with Crippen molar-refractivity contribution in [2.24, 2.45) is 5.92 Å². The van der Waals surface area contributed by atoms with Gasteiger partial charge in [0, 0.05) is 25.7 Å². The largest absolute Gasteiger partial charge is 0.332 e. The van der Waals surface area contributed by atoms with Crippen LogP contribution in [-0.4, -0.2) is 47.3 Å². The molecule has 3 fully saturated rings. The second-order valence-electron chi connectivity index (χ2n) is 5.98.